The van der Waals surface area contributed by atoms with E-state index in [2.05, 4.69) is 20.5 Å². The number of ether oxygens (including phenoxy) is 1. The van der Waals surface area contributed by atoms with Crippen LogP contribution in [0.5, 0.6) is 0 Å². The number of halogens is 6. The number of guanidine groups is 1. The summed E-state index contributed by atoms with van der Waals surface area (Å²) in [6, 6.07) is 10.4. The molecule has 2 aromatic heterocycles. The van der Waals surface area contributed by atoms with Crippen LogP contribution >= 0.6 is 11.6 Å². The number of alkyl carbamates (subject to hydrolysis) is 1. The molecule has 1 fully saturated rings. The van der Waals surface area contributed by atoms with Gasteiger partial charge in [0, 0.05) is 17.3 Å². The molecule has 1 aliphatic carbocycles. The van der Waals surface area contributed by atoms with Gasteiger partial charge in [-0.2, -0.15) is 32.1 Å². The molecule has 4 aromatic rings. The molecule has 1 aliphatic heterocycles. The number of rotatable bonds is 10. The first-order valence-corrected chi connectivity index (χ1v) is 17.3. The minimum absolute atomic E-state index is 0.176. The van der Waals surface area contributed by atoms with E-state index in [4.69, 9.17) is 27.1 Å². The van der Waals surface area contributed by atoms with Gasteiger partial charge in [0.15, 0.2) is 11.5 Å². The zero-order valence-electron chi connectivity index (χ0n) is 30.0. The smallest absolute Gasteiger partial charge is 0.407 e. The Bertz CT molecular complexity index is 2060. The van der Waals surface area contributed by atoms with Gasteiger partial charge in [0.25, 0.3) is 5.91 Å². The molecule has 2 amide bonds. The predicted molar refractivity (Wildman–Crippen MR) is 189 cm³/mol. The van der Waals surface area contributed by atoms with Crippen LogP contribution in [0.4, 0.5) is 26.7 Å². The van der Waals surface area contributed by atoms with E-state index in [9.17, 15) is 31.5 Å². The molecule has 12 nitrogen and oxygen atoms in total. The number of aliphatic imine (C=N–C) groups is 1. The third kappa shape index (κ3) is 7.37. The molecule has 54 heavy (non-hydrogen) atoms. The van der Waals surface area contributed by atoms with E-state index in [-0.39, 0.29) is 25.2 Å². The number of amides is 2. The van der Waals surface area contributed by atoms with Crippen molar-refractivity contribution >= 4 is 29.6 Å². The number of carbonyl (C=O) groups is 2. The molecule has 0 saturated heterocycles. The Morgan fingerprint density at radius 1 is 1.06 bits per heavy atom. The average Bonchev–Trinajstić information content (AvgIpc) is 3.82. The second kappa shape index (κ2) is 13.7. The van der Waals surface area contributed by atoms with Crippen LogP contribution in [0.15, 0.2) is 72.5 Å². The molecule has 2 aliphatic rings. The Balaban J connectivity index is 1.34. The van der Waals surface area contributed by atoms with Gasteiger partial charge in [0.05, 0.1) is 28.4 Å². The van der Waals surface area contributed by atoms with E-state index < -0.39 is 59.3 Å². The number of hydrogen-bond donors (Lipinski definition) is 2. The van der Waals surface area contributed by atoms with Crippen molar-refractivity contribution < 1.29 is 36.3 Å². The largest absolute Gasteiger partial charge is 0.447 e. The molecule has 3 N–H and O–H groups in total. The summed E-state index contributed by atoms with van der Waals surface area (Å²) in [5.41, 5.74) is 3.75. The lowest BCUT2D eigenvalue weighted by atomic mass is 9.58. The summed E-state index contributed by atoms with van der Waals surface area (Å²) in [5.74, 6) is -0.712. The van der Waals surface area contributed by atoms with Gasteiger partial charge in [-0.1, -0.05) is 69.6 Å². The molecular weight excluding hydrogens is 737 g/mol. The van der Waals surface area contributed by atoms with Crippen LogP contribution in [0, 0.1) is 10.8 Å². The van der Waals surface area contributed by atoms with Gasteiger partial charge in [0.2, 0.25) is 0 Å². The summed E-state index contributed by atoms with van der Waals surface area (Å²) in [5, 5.41) is 10.7. The van der Waals surface area contributed by atoms with Crippen LogP contribution in [-0.4, -0.2) is 65.7 Å². The lowest BCUT2D eigenvalue weighted by Crippen LogP contribution is -2.63. The molecule has 288 valence electrons. The molecule has 2 aromatic carbocycles. The van der Waals surface area contributed by atoms with E-state index in [0.29, 0.717) is 37.6 Å². The second-order valence-corrected chi connectivity index (χ2v) is 16.0. The van der Waals surface area contributed by atoms with Crippen molar-refractivity contribution in [1.82, 2.24) is 34.8 Å². The van der Waals surface area contributed by atoms with Crippen molar-refractivity contribution in [3.63, 3.8) is 0 Å². The third-order valence-corrected chi connectivity index (χ3v) is 10.1. The fourth-order valence-corrected chi connectivity index (χ4v) is 7.77. The number of alkyl halides is 5. The van der Waals surface area contributed by atoms with Gasteiger partial charge in [0.1, 0.15) is 19.3 Å². The molecular formula is C36H39ClF5N9O3. The number of hydrogen-bond acceptors (Lipinski definition) is 8. The third-order valence-electron chi connectivity index (χ3n) is 9.76. The zero-order chi connectivity index (χ0) is 39.4. The van der Waals surface area contributed by atoms with Crippen molar-refractivity contribution in [2.45, 2.75) is 83.7 Å². The van der Waals surface area contributed by atoms with Crippen LogP contribution in [0.25, 0.3) is 16.8 Å². The van der Waals surface area contributed by atoms with Gasteiger partial charge in [-0.25, -0.2) is 24.1 Å². The van der Waals surface area contributed by atoms with E-state index >= 15 is 0 Å². The van der Waals surface area contributed by atoms with E-state index in [1.807, 2.05) is 20.8 Å². The molecule has 18 heteroatoms. The summed E-state index contributed by atoms with van der Waals surface area (Å²) in [6.45, 7) is 5.13. The summed E-state index contributed by atoms with van der Waals surface area (Å²) >= 11 is 6.52. The van der Waals surface area contributed by atoms with Gasteiger partial charge >= 0.3 is 18.8 Å². The molecule has 0 bridgehead atoms. The van der Waals surface area contributed by atoms with Gasteiger partial charge in [-0.15, -0.1) is 0 Å². The van der Waals surface area contributed by atoms with Gasteiger partial charge < -0.3 is 15.8 Å². The highest BCUT2D eigenvalue weighted by Crippen LogP contribution is 2.57. The summed E-state index contributed by atoms with van der Waals surface area (Å²) in [7, 11) is 0. The molecule has 0 radical (unpaired) electrons. The number of benzene rings is 2. The van der Waals surface area contributed by atoms with E-state index in [0.717, 1.165) is 6.92 Å². The number of nitrogens with one attached hydrogen (secondary N) is 1. The van der Waals surface area contributed by atoms with Crippen LogP contribution < -0.4 is 11.1 Å². The molecule has 0 spiro atoms. The Morgan fingerprint density at radius 2 is 1.74 bits per heavy atom. The fourth-order valence-electron chi connectivity index (χ4n) is 7.57. The lowest BCUT2D eigenvalue weighted by Gasteiger charge is -2.53. The highest BCUT2D eigenvalue weighted by Gasteiger charge is 2.63. The summed E-state index contributed by atoms with van der Waals surface area (Å²) in [4.78, 5) is 38.1. The first kappa shape index (κ1) is 38.7. The topological polar surface area (TPSA) is 146 Å². The Labute approximate surface area is 312 Å². The minimum Gasteiger partial charge on any atom is -0.447 e. The van der Waals surface area contributed by atoms with Crippen LogP contribution in [0.3, 0.4) is 0 Å². The SMILES string of the molecule is CC(C)(C)C[C@]1(c2ccc(-c3cnn(C(F)F)c3)cc2)N=C(N)N([C@H](COC(=O)NC2(C)CC(C)(C(F)(F)F)C2)c2ccc(Cl)c(-n3cncn3)c2)C1=O. The minimum atomic E-state index is -4.44. The van der Waals surface area contributed by atoms with Crippen molar-refractivity contribution in [1.29, 1.82) is 0 Å². The molecule has 6 rings (SSSR count). The van der Waals surface area contributed by atoms with Crippen LogP contribution in [0.2, 0.25) is 5.02 Å². The maximum atomic E-state index is 15.0. The van der Waals surface area contributed by atoms with Crippen molar-refractivity contribution in [3.8, 4) is 16.8 Å². The van der Waals surface area contributed by atoms with Crippen molar-refractivity contribution in [2.24, 2.45) is 21.6 Å². The first-order chi connectivity index (χ1) is 25.1. The number of nitrogens with zero attached hydrogens (tertiary/aromatic N) is 7. The Hall–Kier alpha value is -5.06. The van der Waals surface area contributed by atoms with E-state index in [1.54, 1.807) is 42.5 Å². The van der Waals surface area contributed by atoms with E-state index in [1.165, 1.54) is 41.6 Å². The molecule has 3 heterocycles. The summed E-state index contributed by atoms with van der Waals surface area (Å²) < 4.78 is 74.7. The van der Waals surface area contributed by atoms with Gasteiger partial charge in [-0.3, -0.25) is 9.69 Å². The summed E-state index contributed by atoms with van der Waals surface area (Å²) in [6.07, 6.45) is -0.657. The highest BCUT2D eigenvalue weighted by molar-refractivity contribution is 6.32. The predicted octanol–water partition coefficient (Wildman–Crippen LogP) is 7.56. The number of carbonyl (C=O) groups excluding carboxylic acids is 2. The average molecular weight is 776 g/mol. The lowest BCUT2D eigenvalue weighted by molar-refractivity contribution is -0.260. The maximum Gasteiger partial charge on any atom is 0.407 e. The zero-order valence-corrected chi connectivity index (χ0v) is 30.8. The number of aromatic nitrogens is 5. The van der Waals surface area contributed by atoms with Crippen molar-refractivity contribution in [2.75, 3.05) is 6.61 Å². The standard InChI is InChI=1S/C36H39ClF5N9O3/c1-32(2,3)16-35(24-9-6-21(7-10-24)23-13-45-49(14-23)29(38)39)28(52)51(30(43)47-35)27(22-8-11-25(37)26(12-22)50-20-44-19-46-50)15-54-31(53)48-34(5)17-33(4,18-34)36(40,41)42/h6-14,19-20,27,29H,15-18H2,1-5H3,(H2,43,47)(H,48,53)/t27-,33?,34?,35-/m1/s1. The highest BCUT2D eigenvalue weighted by atomic mass is 35.5. The Morgan fingerprint density at radius 3 is 2.31 bits per heavy atom. The number of nitrogens with two attached hydrogens (primary N) is 1. The molecule has 0 unspecified atom stereocenters. The fraction of sp³-hybridized carbons (Fsp3) is 0.444. The van der Waals surface area contributed by atoms with Crippen LogP contribution in [-0.2, 0) is 15.1 Å². The van der Waals surface area contributed by atoms with Crippen molar-refractivity contribution in [3.05, 3.63) is 83.7 Å². The second-order valence-electron chi connectivity index (χ2n) is 15.6. The van der Waals surface area contributed by atoms with Crippen LogP contribution in [0.1, 0.15) is 77.6 Å². The first-order valence-electron chi connectivity index (χ1n) is 16.9. The molecule has 2 atom stereocenters. The maximum absolute atomic E-state index is 15.0. The normalized spacial score (nSPS) is 23.7. The van der Waals surface area contributed by atoms with Gasteiger partial charge in [-0.05, 0) is 60.4 Å². The quantitative estimate of drug-likeness (QED) is 0.158. The monoisotopic (exact) mass is 775 g/mol. The molecule has 1 saturated carbocycles. The Kier molecular flexibility index (Phi) is 9.78.